The molecule has 0 heterocycles. The van der Waals surface area contributed by atoms with Gasteiger partial charge in [0.25, 0.3) is 0 Å². The van der Waals surface area contributed by atoms with Gasteiger partial charge in [-0.15, -0.1) is 0 Å². The second-order valence-corrected chi connectivity index (χ2v) is 3.23. The monoisotopic (exact) mass is 158 g/mol. The minimum atomic E-state index is 0.667. The minimum absolute atomic E-state index is 0.667. The molecule has 0 aliphatic carbocycles. The van der Waals surface area contributed by atoms with Gasteiger partial charge in [0.2, 0.25) is 0 Å². The lowest BCUT2D eigenvalue weighted by Crippen LogP contribution is -2.24. The van der Waals surface area contributed by atoms with Crippen LogP contribution in [0.4, 0.5) is 0 Å². The highest BCUT2D eigenvalue weighted by molar-refractivity contribution is 4.58. The fourth-order valence-corrected chi connectivity index (χ4v) is 0.970. The molecule has 0 rings (SSSR count). The Morgan fingerprint density at radius 1 is 1.45 bits per heavy atom. The summed E-state index contributed by atoms with van der Waals surface area (Å²) in [6, 6.07) is 0.667. The molecule has 0 saturated heterocycles. The highest BCUT2D eigenvalue weighted by atomic mass is 15.1. The Morgan fingerprint density at radius 2 is 2.09 bits per heavy atom. The van der Waals surface area contributed by atoms with Crippen molar-refractivity contribution in [2.24, 2.45) is 0 Å². The van der Waals surface area contributed by atoms with Crippen molar-refractivity contribution in [2.45, 2.75) is 32.7 Å². The normalized spacial score (nSPS) is 13.9. The third-order valence-corrected chi connectivity index (χ3v) is 2.21. The molecule has 11 heavy (non-hydrogen) atoms. The molecule has 0 spiro atoms. The molecule has 1 unspecified atom stereocenters. The molecule has 0 aromatic carbocycles. The van der Waals surface area contributed by atoms with Gasteiger partial charge < -0.3 is 10.2 Å². The zero-order valence-electron chi connectivity index (χ0n) is 8.35. The number of nitrogens with zero attached hydrogens (tertiary/aromatic N) is 1. The second-order valence-electron chi connectivity index (χ2n) is 3.23. The predicted molar refractivity (Wildman–Crippen MR) is 50.9 cm³/mol. The lowest BCUT2D eigenvalue weighted by atomic mass is 10.2. The quantitative estimate of drug-likeness (QED) is 0.627. The van der Waals surface area contributed by atoms with E-state index in [1.165, 1.54) is 19.4 Å². The summed E-state index contributed by atoms with van der Waals surface area (Å²) in [7, 11) is 4.19. The average molecular weight is 158 g/mol. The molecule has 0 bridgehead atoms. The molecule has 0 aromatic rings. The van der Waals surface area contributed by atoms with E-state index in [1.54, 1.807) is 0 Å². The van der Waals surface area contributed by atoms with Crippen LogP contribution in [0.3, 0.4) is 0 Å². The van der Waals surface area contributed by atoms with Crippen molar-refractivity contribution in [3.63, 3.8) is 0 Å². The van der Waals surface area contributed by atoms with Crippen LogP contribution in [-0.4, -0.2) is 38.1 Å². The molecule has 0 aliphatic heterocycles. The molecular formula is C9H22N2. The molecule has 0 saturated carbocycles. The fourth-order valence-electron chi connectivity index (χ4n) is 0.970. The second kappa shape index (κ2) is 6.62. The smallest absolute Gasteiger partial charge is 0.00362 e. The van der Waals surface area contributed by atoms with Crippen LogP contribution in [-0.2, 0) is 0 Å². The molecule has 1 N–H and O–H groups in total. The maximum atomic E-state index is 3.24. The maximum Gasteiger partial charge on any atom is 0.00362 e. The highest BCUT2D eigenvalue weighted by Crippen LogP contribution is 1.96. The summed E-state index contributed by atoms with van der Waals surface area (Å²) in [6.45, 7) is 6.81. The molecule has 0 amide bonds. The van der Waals surface area contributed by atoms with Gasteiger partial charge in [-0.3, -0.25) is 0 Å². The van der Waals surface area contributed by atoms with E-state index in [4.69, 9.17) is 0 Å². The maximum absolute atomic E-state index is 3.24. The van der Waals surface area contributed by atoms with Crippen molar-refractivity contribution in [3.05, 3.63) is 0 Å². The molecule has 0 fully saturated rings. The molecule has 0 radical (unpaired) electrons. The molecule has 0 aliphatic rings. The van der Waals surface area contributed by atoms with Gasteiger partial charge in [0, 0.05) is 6.04 Å². The van der Waals surface area contributed by atoms with Crippen molar-refractivity contribution in [2.75, 3.05) is 27.2 Å². The van der Waals surface area contributed by atoms with Crippen LogP contribution in [0.25, 0.3) is 0 Å². The average Bonchev–Trinajstić information content (AvgIpc) is 2.04. The Balaban J connectivity index is 3.13. The highest BCUT2D eigenvalue weighted by Gasteiger charge is 1.98. The SMILES string of the molecule is CCN(C)CCCC(C)NC. The summed E-state index contributed by atoms with van der Waals surface area (Å²) in [5.74, 6) is 0. The number of hydrogen-bond donors (Lipinski definition) is 1. The summed E-state index contributed by atoms with van der Waals surface area (Å²) < 4.78 is 0. The minimum Gasteiger partial charge on any atom is -0.317 e. The van der Waals surface area contributed by atoms with Gasteiger partial charge in [-0.2, -0.15) is 0 Å². The Morgan fingerprint density at radius 3 is 2.55 bits per heavy atom. The van der Waals surface area contributed by atoms with Gasteiger partial charge in [-0.25, -0.2) is 0 Å². The number of nitrogens with one attached hydrogen (secondary N) is 1. The topological polar surface area (TPSA) is 15.3 Å². The summed E-state index contributed by atoms with van der Waals surface area (Å²) in [6.07, 6.45) is 2.58. The molecule has 0 aromatic heterocycles. The Labute approximate surface area is 71.0 Å². The third kappa shape index (κ3) is 6.32. The van der Waals surface area contributed by atoms with Crippen LogP contribution in [0, 0.1) is 0 Å². The van der Waals surface area contributed by atoms with E-state index in [0.717, 1.165) is 6.54 Å². The van der Waals surface area contributed by atoms with E-state index in [9.17, 15) is 0 Å². The summed E-state index contributed by atoms with van der Waals surface area (Å²) in [4.78, 5) is 2.35. The molecule has 68 valence electrons. The number of rotatable bonds is 6. The lowest BCUT2D eigenvalue weighted by Gasteiger charge is -2.15. The summed E-state index contributed by atoms with van der Waals surface area (Å²) >= 11 is 0. The van der Waals surface area contributed by atoms with E-state index in [0.29, 0.717) is 6.04 Å². The Bertz CT molecular complexity index is 73.6. The number of hydrogen-bond acceptors (Lipinski definition) is 2. The third-order valence-electron chi connectivity index (χ3n) is 2.21. The summed E-state index contributed by atoms with van der Waals surface area (Å²) in [5, 5.41) is 3.24. The van der Waals surface area contributed by atoms with E-state index in [-0.39, 0.29) is 0 Å². The molecule has 1 atom stereocenters. The Hall–Kier alpha value is -0.0800. The van der Waals surface area contributed by atoms with Gasteiger partial charge in [-0.1, -0.05) is 6.92 Å². The van der Waals surface area contributed by atoms with Crippen molar-refractivity contribution >= 4 is 0 Å². The zero-order valence-corrected chi connectivity index (χ0v) is 8.35. The van der Waals surface area contributed by atoms with Gasteiger partial charge in [0.1, 0.15) is 0 Å². The lowest BCUT2D eigenvalue weighted by molar-refractivity contribution is 0.335. The predicted octanol–water partition coefficient (Wildman–Crippen LogP) is 1.33. The van der Waals surface area contributed by atoms with Crippen LogP contribution in [0.2, 0.25) is 0 Å². The van der Waals surface area contributed by atoms with E-state index >= 15 is 0 Å². The van der Waals surface area contributed by atoms with Crippen molar-refractivity contribution in [3.8, 4) is 0 Å². The van der Waals surface area contributed by atoms with Crippen molar-refractivity contribution < 1.29 is 0 Å². The first-order valence-corrected chi connectivity index (χ1v) is 4.56. The first-order valence-electron chi connectivity index (χ1n) is 4.56. The van der Waals surface area contributed by atoms with Crippen molar-refractivity contribution in [1.82, 2.24) is 10.2 Å². The van der Waals surface area contributed by atoms with Crippen LogP contribution >= 0.6 is 0 Å². The van der Waals surface area contributed by atoms with Crippen LogP contribution in [0.1, 0.15) is 26.7 Å². The van der Waals surface area contributed by atoms with E-state index in [1.807, 2.05) is 7.05 Å². The van der Waals surface area contributed by atoms with Crippen LogP contribution in [0.15, 0.2) is 0 Å². The largest absolute Gasteiger partial charge is 0.317 e. The van der Waals surface area contributed by atoms with Crippen molar-refractivity contribution in [1.29, 1.82) is 0 Å². The molecule has 2 nitrogen and oxygen atoms in total. The Kier molecular flexibility index (Phi) is 6.57. The van der Waals surface area contributed by atoms with Gasteiger partial charge in [0.05, 0.1) is 0 Å². The first-order chi connectivity index (χ1) is 5.20. The van der Waals surface area contributed by atoms with E-state index in [2.05, 4.69) is 31.1 Å². The van der Waals surface area contributed by atoms with Gasteiger partial charge >= 0.3 is 0 Å². The molecular weight excluding hydrogens is 136 g/mol. The summed E-state index contributed by atoms with van der Waals surface area (Å²) in [5.41, 5.74) is 0. The first kappa shape index (κ1) is 10.9. The van der Waals surface area contributed by atoms with Gasteiger partial charge in [0.15, 0.2) is 0 Å². The van der Waals surface area contributed by atoms with Gasteiger partial charge in [-0.05, 0) is 47.0 Å². The molecule has 2 heteroatoms. The standard InChI is InChI=1S/C9H22N2/c1-5-11(4)8-6-7-9(2)10-3/h9-10H,5-8H2,1-4H3. The van der Waals surface area contributed by atoms with Crippen LogP contribution in [0.5, 0.6) is 0 Å². The van der Waals surface area contributed by atoms with E-state index < -0.39 is 0 Å². The van der Waals surface area contributed by atoms with Crippen LogP contribution < -0.4 is 5.32 Å². The zero-order chi connectivity index (χ0) is 8.69. The fraction of sp³-hybridized carbons (Fsp3) is 1.00.